The molecule has 0 aliphatic heterocycles. The van der Waals surface area contributed by atoms with Gasteiger partial charge in [-0.3, -0.25) is 0 Å². The highest BCUT2D eigenvalue weighted by Crippen LogP contribution is 2.53. The van der Waals surface area contributed by atoms with Crippen LogP contribution in [0.2, 0.25) is 0 Å². The fourth-order valence-electron chi connectivity index (χ4n) is 8.95. The van der Waals surface area contributed by atoms with Crippen molar-refractivity contribution in [3.05, 3.63) is 181 Å². The molecule has 7 aromatic carbocycles. The number of fused-ring (bicyclic) bond motifs is 10. The van der Waals surface area contributed by atoms with Gasteiger partial charge in [-0.25, -0.2) is 4.98 Å². The smallest absolute Gasteiger partial charge is 0.144 e. The second-order valence-electron chi connectivity index (χ2n) is 14.7. The van der Waals surface area contributed by atoms with Crippen LogP contribution in [-0.4, -0.2) is 9.55 Å². The summed E-state index contributed by atoms with van der Waals surface area (Å²) >= 11 is 0. The molecule has 250 valence electrons. The first kappa shape index (κ1) is 30.0. The summed E-state index contributed by atoms with van der Waals surface area (Å²) in [6.07, 6.45) is 0. The fraction of sp³-hybridized carbons (Fsp3) is 0.0600. The molecule has 0 spiro atoms. The maximum Gasteiger partial charge on any atom is 0.144 e. The SMILES string of the molecule is CC1(C)c2ccccc2-c2ccc3c(c21)c1ccccc1n3-c1cc(-c2ccc(-c3ccccc3)cc2)nc(-c2cccc3c2oc2ccccc23)c1. The molecule has 0 N–H and O–H groups in total. The van der Waals surface area contributed by atoms with Crippen LogP contribution in [0.4, 0.5) is 0 Å². The number of rotatable bonds is 4. The van der Waals surface area contributed by atoms with Crippen molar-refractivity contribution in [2.75, 3.05) is 0 Å². The average Bonchev–Trinajstić information content (AvgIpc) is 3.84. The minimum atomic E-state index is -0.146. The van der Waals surface area contributed by atoms with Crippen LogP contribution in [0.1, 0.15) is 25.0 Å². The molecule has 0 radical (unpaired) electrons. The standard InChI is InChI=1S/C50H34N2O/c1-50(2)41-20-9-6-15-35(41)37-27-28-45-47(48(37)50)40-17-7-10-21-44(40)52(45)34-29-42(33-25-23-32(24-26-33)31-13-4-3-5-14-31)51-43(30-34)39-19-12-18-38-36-16-8-11-22-46(36)53-49(38)39/h3-30H,1-2H3. The highest BCUT2D eigenvalue weighted by Gasteiger charge is 2.38. The lowest BCUT2D eigenvalue weighted by Gasteiger charge is -2.22. The van der Waals surface area contributed by atoms with Crippen LogP contribution >= 0.6 is 0 Å². The average molecular weight is 679 g/mol. The van der Waals surface area contributed by atoms with Crippen LogP contribution in [0, 0.1) is 0 Å². The first-order chi connectivity index (χ1) is 26.0. The monoisotopic (exact) mass is 678 g/mol. The zero-order valence-electron chi connectivity index (χ0n) is 29.5. The molecule has 3 aromatic heterocycles. The molecule has 0 fully saturated rings. The van der Waals surface area contributed by atoms with E-state index >= 15 is 0 Å². The van der Waals surface area contributed by atoms with Gasteiger partial charge in [0.1, 0.15) is 11.2 Å². The van der Waals surface area contributed by atoms with Gasteiger partial charge in [0, 0.05) is 38.1 Å². The van der Waals surface area contributed by atoms with Crippen molar-refractivity contribution in [1.82, 2.24) is 9.55 Å². The van der Waals surface area contributed by atoms with Crippen LogP contribution in [0.5, 0.6) is 0 Å². The number of para-hydroxylation sites is 3. The molecule has 53 heavy (non-hydrogen) atoms. The van der Waals surface area contributed by atoms with Gasteiger partial charge in [0.15, 0.2) is 0 Å². The summed E-state index contributed by atoms with van der Waals surface area (Å²) in [5.41, 5.74) is 16.6. The van der Waals surface area contributed by atoms with Crippen LogP contribution < -0.4 is 0 Å². The third-order valence-corrected chi connectivity index (χ3v) is 11.4. The maximum atomic E-state index is 6.58. The van der Waals surface area contributed by atoms with Gasteiger partial charge in [-0.1, -0.05) is 147 Å². The summed E-state index contributed by atoms with van der Waals surface area (Å²) in [5, 5.41) is 4.77. The van der Waals surface area contributed by atoms with E-state index in [0.717, 1.165) is 50.1 Å². The normalized spacial score (nSPS) is 13.2. The van der Waals surface area contributed by atoms with E-state index in [2.05, 4.69) is 176 Å². The van der Waals surface area contributed by atoms with E-state index in [4.69, 9.17) is 9.40 Å². The third kappa shape index (κ3) is 4.37. The highest BCUT2D eigenvalue weighted by molar-refractivity contribution is 6.15. The van der Waals surface area contributed by atoms with Crippen molar-refractivity contribution >= 4 is 43.7 Å². The predicted octanol–water partition coefficient (Wildman–Crippen LogP) is 13.4. The Morgan fingerprint density at radius 1 is 0.491 bits per heavy atom. The van der Waals surface area contributed by atoms with Gasteiger partial charge < -0.3 is 8.98 Å². The van der Waals surface area contributed by atoms with Crippen molar-refractivity contribution in [2.45, 2.75) is 19.3 Å². The van der Waals surface area contributed by atoms with E-state index in [9.17, 15) is 0 Å². The second-order valence-corrected chi connectivity index (χ2v) is 14.7. The largest absolute Gasteiger partial charge is 0.455 e. The molecule has 0 amide bonds. The Hall–Kier alpha value is -6.71. The zero-order valence-corrected chi connectivity index (χ0v) is 29.5. The Morgan fingerprint density at radius 2 is 1.15 bits per heavy atom. The Kier molecular flexibility index (Phi) is 6.30. The van der Waals surface area contributed by atoms with Gasteiger partial charge in [-0.05, 0) is 69.8 Å². The van der Waals surface area contributed by atoms with Crippen LogP contribution in [0.3, 0.4) is 0 Å². The number of hydrogen-bond donors (Lipinski definition) is 0. The van der Waals surface area contributed by atoms with Crippen LogP contribution in [0.25, 0.3) is 94.2 Å². The second kappa shape index (κ2) is 11.1. The summed E-state index contributed by atoms with van der Waals surface area (Å²) in [6, 6.07) is 60.9. The summed E-state index contributed by atoms with van der Waals surface area (Å²) in [4.78, 5) is 5.40. The van der Waals surface area contributed by atoms with Crippen molar-refractivity contribution in [1.29, 1.82) is 0 Å². The number of nitrogens with zero attached hydrogens (tertiary/aromatic N) is 2. The molecular weight excluding hydrogens is 645 g/mol. The summed E-state index contributed by atoms with van der Waals surface area (Å²) in [7, 11) is 0. The Balaban J connectivity index is 1.19. The van der Waals surface area contributed by atoms with E-state index < -0.39 is 0 Å². The predicted molar refractivity (Wildman–Crippen MR) is 220 cm³/mol. The molecular formula is C50H34N2O. The first-order valence-electron chi connectivity index (χ1n) is 18.3. The van der Waals surface area contributed by atoms with Gasteiger partial charge in [0.05, 0.1) is 28.1 Å². The summed E-state index contributed by atoms with van der Waals surface area (Å²) in [6.45, 7) is 4.75. The molecule has 0 bridgehead atoms. The zero-order chi connectivity index (χ0) is 35.3. The van der Waals surface area contributed by atoms with Gasteiger partial charge >= 0.3 is 0 Å². The molecule has 3 nitrogen and oxygen atoms in total. The van der Waals surface area contributed by atoms with Gasteiger partial charge in [0.25, 0.3) is 0 Å². The maximum absolute atomic E-state index is 6.58. The van der Waals surface area contributed by atoms with Gasteiger partial charge in [-0.2, -0.15) is 0 Å². The minimum absolute atomic E-state index is 0.146. The molecule has 3 heterocycles. The minimum Gasteiger partial charge on any atom is -0.455 e. The van der Waals surface area contributed by atoms with E-state index in [-0.39, 0.29) is 5.41 Å². The molecule has 0 atom stereocenters. The third-order valence-electron chi connectivity index (χ3n) is 11.4. The van der Waals surface area contributed by atoms with Crippen molar-refractivity contribution in [3.63, 3.8) is 0 Å². The quantitative estimate of drug-likeness (QED) is 0.185. The summed E-state index contributed by atoms with van der Waals surface area (Å²) in [5.74, 6) is 0. The molecule has 0 saturated heterocycles. The molecule has 0 unspecified atom stereocenters. The van der Waals surface area contributed by atoms with Crippen LogP contribution in [0.15, 0.2) is 174 Å². The molecule has 1 aliphatic rings. The first-order valence-corrected chi connectivity index (χ1v) is 18.3. The molecule has 10 aromatic rings. The lowest BCUT2D eigenvalue weighted by atomic mass is 9.80. The fourth-order valence-corrected chi connectivity index (χ4v) is 8.95. The van der Waals surface area contributed by atoms with Crippen molar-refractivity contribution in [3.8, 4) is 50.5 Å². The van der Waals surface area contributed by atoms with E-state index in [1.807, 2.05) is 12.1 Å². The lowest BCUT2D eigenvalue weighted by Crippen LogP contribution is -2.15. The number of benzene rings is 7. The Morgan fingerprint density at radius 3 is 2.02 bits per heavy atom. The van der Waals surface area contributed by atoms with Gasteiger partial charge in [0.2, 0.25) is 0 Å². The van der Waals surface area contributed by atoms with Crippen LogP contribution in [-0.2, 0) is 5.41 Å². The van der Waals surface area contributed by atoms with Gasteiger partial charge in [-0.15, -0.1) is 0 Å². The van der Waals surface area contributed by atoms with Crippen molar-refractivity contribution in [2.24, 2.45) is 0 Å². The highest BCUT2D eigenvalue weighted by atomic mass is 16.3. The molecule has 0 saturated carbocycles. The Bertz CT molecular complexity index is 3070. The lowest BCUT2D eigenvalue weighted by molar-refractivity contribution is 0.666. The molecule has 3 heteroatoms. The number of aromatic nitrogens is 2. The van der Waals surface area contributed by atoms with E-state index in [1.54, 1.807) is 0 Å². The number of pyridine rings is 1. The number of furan rings is 1. The Labute approximate surface area is 307 Å². The van der Waals surface area contributed by atoms with E-state index in [0.29, 0.717) is 0 Å². The van der Waals surface area contributed by atoms with E-state index in [1.165, 1.54) is 55.2 Å². The van der Waals surface area contributed by atoms with Crippen molar-refractivity contribution < 1.29 is 4.42 Å². The molecule has 11 rings (SSSR count). The topological polar surface area (TPSA) is 31.0 Å². The molecule has 1 aliphatic carbocycles. The number of hydrogen-bond acceptors (Lipinski definition) is 2. The summed E-state index contributed by atoms with van der Waals surface area (Å²) < 4.78 is 9.02.